The van der Waals surface area contributed by atoms with Crippen LogP contribution in [0.25, 0.3) is 5.78 Å². The second-order valence-corrected chi connectivity index (χ2v) is 7.78. The Kier molecular flexibility index (Phi) is 5.08. The number of aryl methyl sites for hydroxylation is 2. The van der Waals surface area contributed by atoms with E-state index in [1.54, 1.807) is 6.20 Å². The van der Waals surface area contributed by atoms with Crippen molar-refractivity contribution >= 4 is 23.2 Å². The molecule has 8 nitrogen and oxygen atoms in total. The molecule has 0 bridgehead atoms. The minimum absolute atomic E-state index is 0.162. The first-order chi connectivity index (χ1) is 13.9. The van der Waals surface area contributed by atoms with E-state index in [0.29, 0.717) is 17.5 Å². The van der Waals surface area contributed by atoms with Crippen molar-refractivity contribution < 1.29 is 4.79 Å². The van der Waals surface area contributed by atoms with E-state index in [0.717, 1.165) is 41.0 Å². The molecule has 1 N–H and O–H groups in total. The average Bonchev–Trinajstić information content (AvgIpc) is 3.00. The van der Waals surface area contributed by atoms with Crippen LogP contribution < -0.4 is 15.9 Å². The maximum atomic E-state index is 12.6. The van der Waals surface area contributed by atoms with Crippen LogP contribution in [0.15, 0.2) is 35.3 Å². The van der Waals surface area contributed by atoms with Gasteiger partial charge in [0.25, 0.3) is 5.78 Å². The Morgan fingerprint density at radius 1 is 1.21 bits per heavy atom. The van der Waals surface area contributed by atoms with Gasteiger partial charge in [0.1, 0.15) is 12.4 Å². The van der Waals surface area contributed by atoms with E-state index in [4.69, 9.17) is 0 Å². The number of carbonyl (C=O) groups excluding carboxylic acids is 1. The Labute approximate surface area is 169 Å². The normalized spacial score (nSPS) is 16.9. The first-order valence-corrected chi connectivity index (χ1v) is 10.0. The zero-order valence-electron chi connectivity index (χ0n) is 17.1. The second kappa shape index (κ2) is 7.69. The highest BCUT2D eigenvalue weighted by molar-refractivity contribution is 5.90. The van der Waals surface area contributed by atoms with Crippen LogP contribution in [0.4, 0.5) is 11.5 Å². The Morgan fingerprint density at radius 2 is 2.03 bits per heavy atom. The van der Waals surface area contributed by atoms with Gasteiger partial charge in [0.2, 0.25) is 5.91 Å². The molecule has 152 valence electrons. The standard InChI is InChI=1S/C21H26N6O2/c1-14-7-8-17(12-15(14)2)22-19(28)13-27-21(29)26-11-9-18(23-20(26)24-27)25-10-5-4-6-16(25)3/h7-9,11-12,16H,4-6,10,13H2,1-3H3,(H,22,28)/t16-/m1/s1. The third-order valence-corrected chi connectivity index (χ3v) is 5.62. The fourth-order valence-corrected chi connectivity index (χ4v) is 3.75. The smallest absolute Gasteiger partial charge is 0.352 e. The predicted octanol–water partition coefficient (Wildman–Crippen LogP) is 2.53. The molecule has 1 aromatic carbocycles. The molecule has 1 aliphatic heterocycles. The Hall–Kier alpha value is -3.16. The molecule has 0 saturated carbocycles. The highest BCUT2D eigenvalue weighted by atomic mass is 16.2. The number of carbonyl (C=O) groups is 1. The van der Waals surface area contributed by atoms with Crippen molar-refractivity contribution in [1.29, 1.82) is 0 Å². The van der Waals surface area contributed by atoms with Crippen LogP contribution in [-0.4, -0.2) is 37.7 Å². The first-order valence-electron chi connectivity index (χ1n) is 10.0. The SMILES string of the molecule is Cc1ccc(NC(=O)Cn2nc3nc(N4CCCC[C@H]4C)ccn3c2=O)cc1C. The molecular weight excluding hydrogens is 368 g/mol. The summed E-state index contributed by atoms with van der Waals surface area (Å²) >= 11 is 0. The van der Waals surface area contributed by atoms with E-state index in [9.17, 15) is 9.59 Å². The summed E-state index contributed by atoms with van der Waals surface area (Å²) in [5.41, 5.74) is 2.58. The van der Waals surface area contributed by atoms with Gasteiger partial charge in [0, 0.05) is 24.5 Å². The van der Waals surface area contributed by atoms with Crippen molar-refractivity contribution in [1.82, 2.24) is 19.2 Å². The molecule has 0 unspecified atom stereocenters. The zero-order chi connectivity index (χ0) is 20.5. The molecule has 0 spiro atoms. The molecule has 1 saturated heterocycles. The third-order valence-electron chi connectivity index (χ3n) is 5.62. The molecule has 0 radical (unpaired) electrons. The highest BCUT2D eigenvalue weighted by Crippen LogP contribution is 2.22. The van der Waals surface area contributed by atoms with Crippen molar-refractivity contribution in [3.05, 3.63) is 52.1 Å². The number of nitrogens with one attached hydrogen (secondary N) is 1. The fraction of sp³-hybridized carbons (Fsp3) is 0.429. The largest absolute Gasteiger partial charge is 0.354 e. The molecule has 3 aromatic rings. The lowest BCUT2D eigenvalue weighted by Crippen LogP contribution is -2.38. The predicted molar refractivity (Wildman–Crippen MR) is 112 cm³/mol. The summed E-state index contributed by atoms with van der Waals surface area (Å²) in [6.45, 7) is 6.98. The monoisotopic (exact) mass is 394 g/mol. The van der Waals surface area contributed by atoms with Gasteiger partial charge in [0.15, 0.2) is 0 Å². The van der Waals surface area contributed by atoms with Gasteiger partial charge in [-0.2, -0.15) is 4.98 Å². The average molecular weight is 394 g/mol. The highest BCUT2D eigenvalue weighted by Gasteiger charge is 2.21. The van der Waals surface area contributed by atoms with E-state index in [2.05, 4.69) is 27.2 Å². The maximum Gasteiger partial charge on any atom is 0.352 e. The number of benzene rings is 1. The molecule has 2 aromatic heterocycles. The van der Waals surface area contributed by atoms with Gasteiger partial charge in [0.05, 0.1) is 0 Å². The molecule has 1 atom stereocenters. The van der Waals surface area contributed by atoms with Crippen LogP contribution in [0.5, 0.6) is 0 Å². The quantitative estimate of drug-likeness (QED) is 0.735. The summed E-state index contributed by atoms with van der Waals surface area (Å²) in [5, 5.41) is 7.10. The lowest BCUT2D eigenvalue weighted by atomic mass is 10.0. The van der Waals surface area contributed by atoms with Crippen molar-refractivity contribution in [2.45, 2.75) is 52.6 Å². The van der Waals surface area contributed by atoms with Crippen molar-refractivity contribution in [2.24, 2.45) is 0 Å². The summed E-state index contributed by atoms with van der Waals surface area (Å²) in [6.07, 6.45) is 5.18. The Bertz CT molecular complexity index is 1120. The summed E-state index contributed by atoms with van der Waals surface area (Å²) in [5.74, 6) is 0.828. The van der Waals surface area contributed by atoms with E-state index < -0.39 is 0 Å². The molecule has 1 aliphatic rings. The van der Waals surface area contributed by atoms with E-state index in [-0.39, 0.29) is 18.1 Å². The number of nitrogens with zero attached hydrogens (tertiary/aromatic N) is 5. The summed E-state index contributed by atoms with van der Waals surface area (Å²) in [4.78, 5) is 31.8. The Morgan fingerprint density at radius 3 is 2.79 bits per heavy atom. The van der Waals surface area contributed by atoms with Gasteiger partial charge in [-0.15, -0.1) is 5.10 Å². The van der Waals surface area contributed by atoms with Crippen molar-refractivity contribution in [3.63, 3.8) is 0 Å². The molecule has 0 aliphatic carbocycles. The van der Waals surface area contributed by atoms with Crippen LogP contribution >= 0.6 is 0 Å². The van der Waals surface area contributed by atoms with Crippen LogP contribution in [0.1, 0.15) is 37.3 Å². The van der Waals surface area contributed by atoms with Gasteiger partial charge in [-0.25, -0.2) is 13.9 Å². The molecule has 3 heterocycles. The van der Waals surface area contributed by atoms with Crippen LogP contribution in [-0.2, 0) is 11.3 Å². The number of rotatable bonds is 4. The van der Waals surface area contributed by atoms with Crippen LogP contribution in [0.2, 0.25) is 0 Å². The van der Waals surface area contributed by atoms with Crippen LogP contribution in [0, 0.1) is 13.8 Å². The van der Waals surface area contributed by atoms with Gasteiger partial charge in [-0.05, 0) is 69.4 Å². The molecule has 29 heavy (non-hydrogen) atoms. The number of amides is 1. The molecule has 8 heteroatoms. The topological polar surface area (TPSA) is 84.5 Å². The number of hydrogen-bond acceptors (Lipinski definition) is 5. The summed E-state index contributed by atoms with van der Waals surface area (Å²) < 4.78 is 2.53. The molecule has 1 fully saturated rings. The summed E-state index contributed by atoms with van der Waals surface area (Å²) in [7, 11) is 0. The lowest BCUT2D eigenvalue weighted by Gasteiger charge is -2.34. The maximum absolute atomic E-state index is 12.6. The Balaban J connectivity index is 1.54. The number of hydrogen-bond donors (Lipinski definition) is 1. The second-order valence-electron chi connectivity index (χ2n) is 7.78. The third kappa shape index (κ3) is 3.87. The van der Waals surface area contributed by atoms with Gasteiger partial charge in [-0.1, -0.05) is 6.07 Å². The van der Waals surface area contributed by atoms with Crippen LogP contribution in [0.3, 0.4) is 0 Å². The van der Waals surface area contributed by atoms with Gasteiger partial charge < -0.3 is 10.2 Å². The zero-order valence-corrected chi connectivity index (χ0v) is 17.1. The van der Waals surface area contributed by atoms with Crippen molar-refractivity contribution in [2.75, 3.05) is 16.8 Å². The van der Waals surface area contributed by atoms with E-state index in [1.165, 1.54) is 10.8 Å². The number of fused-ring (bicyclic) bond motifs is 1. The molecular formula is C21H26N6O2. The minimum Gasteiger partial charge on any atom is -0.354 e. The van der Waals surface area contributed by atoms with Gasteiger partial charge >= 0.3 is 5.69 Å². The number of aromatic nitrogens is 4. The number of anilines is 2. The fourth-order valence-electron chi connectivity index (χ4n) is 3.75. The number of piperidine rings is 1. The van der Waals surface area contributed by atoms with Crippen molar-refractivity contribution in [3.8, 4) is 0 Å². The molecule has 4 rings (SSSR count). The first kappa shape index (κ1) is 19.2. The summed E-state index contributed by atoms with van der Waals surface area (Å²) in [6, 6.07) is 7.97. The molecule has 1 amide bonds. The van der Waals surface area contributed by atoms with E-state index in [1.807, 2.05) is 38.1 Å². The minimum atomic E-state index is -0.374. The van der Waals surface area contributed by atoms with E-state index >= 15 is 0 Å². The lowest BCUT2D eigenvalue weighted by molar-refractivity contribution is -0.117. The van der Waals surface area contributed by atoms with Gasteiger partial charge in [-0.3, -0.25) is 4.79 Å².